The molecule has 0 fully saturated rings. The maximum Gasteiger partial charge on any atom is 0.330 e. The summed E-state index contributed by atoms with van der Waals surface area (Å²) in [5, 5.41) is 0.555. The summed E-state index contributed by atoms with van der Waals surface area (Å²) in [4.78, 5) is 25.6. The standard InChI is InChI=1S/C23H23N3O2/c1-5-16-8-6-7-9-18(16)26-14-19-20(22(27)25(4)23(28)24(19)3)21(26)17-12-10-15(2)11-13-17/h6-14H,5H2,1-4H3. The summed E-state index contributed by atoms with van der Waals surface area (Å²) in [6.07, 6.45) is 2.77. The van der Waals surface area contributed by atoms with E-state index in [0.29, 0.717) is 10.9 Å². The lowest BCUT2D eigenvalue weighted by molar-refractivity contribution is 0.714. The SMILES string of the molecule is CCc1ccccc1-n1cc2c(c1-c1ccc(C)cc1)c(=O)n(C)c(=O)n2C. The summed E-state index contributed by atoms with van der Waals surface area (Å²) in [7, 11) is 3.24. The predicted molar refractivity (Wildman–Crippen MR) is 113 cm³/mol. The van der Waals surface area contributed by atoms with Gasteiger partial charge in [-0.2, -0.15) is 0 Å². The molecule has 0 aliphatic heterocycles. The van der Waals surface area contributed by atoms with Gasteiger partial charge in [-0.3, -0.25) is 13.9 Å². The summed E-state index contributed by atoms with van der Waals surface area (Å²) in [6, 6.07) is 16.3. The number of nitrogens with zero attached hydrogens (tertiary/aromatic N) is 3. The van der Waals surface area contributed by atoms with Gasteiger partial charge in [0.05, 0.1) is 16.6 Å². The van der Waals surface area contributed by atoms with Crippen LogP contribution in [0.2, 0.25) is 0 Å². The highest BCUT2D eigenvalue weighted by Gasteiger charge is 2.20. The van der Waals surface area contributed by atoms with Crippen molar-refractivity contribution < 1.29 is 0 Å². The molecule has 2 aromatic heterocycles. The fraction of sp³-hybridized carbons (Fsp3) is 0.217. The molecule has 0 aliphatic carbocycles. The zero-order valence-corrected chi connectivity index (χ0v) is 16.6. The molecule has 4 aromatic rings. The van der Waals surface area contributed by atoms with Crippen molar-refractivity contribution in [3.63, 3.8) is 0 Å². The first-order chi connectivity index (χ1) is 13.4. The Morgan fingerprint density at radius 1 is 0.893 bits per heavy atom. The smallest absolute Gasteiger partial charge is 0.313 e. The van der Waals surface area contributed by atoms with E-state index >= 15 is 0 Å². The lowest BCUT2D eigenvalue weighted by Gasteiger charge is -2.14. The molecule has 0 bridgehead atoms. The van der Waals surface area contributed by atoms with Gasteiger partial charge in [0.25, 0.3) is 5.56 Å². The van der Waals surface area contributed by atoms with Crippen LogP contribution in [0.15, 0.2) is 64.3 Å². The van der Waals surface area contributed by atoms with Crippen molar-refractivity contribution in [2.75, 3.05) is 0 Å². The normalized spacial score (nSPS) is 11.3. The van der Waals surface area contributed by atoms with Crippen LogP contribution in [0, 0.1) is 6.92 Å². The third-order valence-corrected chi connectivity index (χ3v) is 5.40. The molecule has 28 heavy (non-hydrogen) atoms. The Kier molecular flexibility index (Phi) is 4.30. The van der Waals surface area contributed by atoms with Gasteiger partial charge in [-0.25, -0.2) is 4.79 Å². The first-order valence-corrected chi connectivity index (χ1v) is 9.40. The summed E-state index contributed by atoms with van der Waals surface area (Å²) >= 11 is 0. The maximum absolute atomic E-state index is 13.1. The van der Waals surface area contributed by atoms with E-state index < -0.39 is 0 Å². The summed E-state index contributed by atoms with van der Waals surface area (Å²) in [5.41, 5.74) is 5.14. The van der Waals surface area contributed by atoms with E-state index in [2.05, 4.69) is 23.6 Å². The Bertz CT molecular complexity index is 1300. The largest absolute Gasteiger partial charge is 0.330 e. The lowest BCUT2D eigenvalue weighted by Crippen LogP contribution is -2.36. The summed E-state index contributed by atoms with van der Waals surface area (Å²) < 4.78 is 4.77. The molecule has 0 aliphatic rings. The van der Waals surface area contributed by atoms with Gasteiger partial charge in [0.1, 0.15) is 0 Å². The summed E-state index contributed by atoms with van der Waals surface area (Å²) in [5.74, 6) is 0. The first kappa shape index (κ1) is 18.0. The lowest BCUT2D eigenvalue weighted by atomic mass is 10.1. The molecule has 2 heterocycles. The average Bonchev–Trinajstić information content (AvgIpc) is 3.11. The highest BCUT2D eigenvalue weighted by Crippen LogP contribution is 2.32. The molecular weight excluding hydrogens is 350 g/mol. The zero-order valence-electron chi connectivity index (χ0n) is 16.6. The van der Waals surface area contributed by atoms with Crippen molar-refractivity contribution in [2.45, 2.75) is 20.3 Å². The summed E-state index contributed by atoms with van der Waals surface area (Å²) in [6.45, 7) is 4.15. The van der Waals surface area contributed by atoms with Gasteiger partial charge in [0.15, 0.2) is 0 Å². The molecule has 0 atom stereocenters. The minimum Gasteiger partial charge on any atom is -0.313 e. The number of fused-ring (bicyclic) bond motifs is 1. The Labute approximate surface area is 163 Å². The second kappa shape index (κ2) is 6.68. The Balaban J connectivity index is 2.22. The molecular formula is C23H23N3O2. The predicted octanol–water partition coefficient (Wildman–Crippen LogP) is 3.57. The number of hydrogen-bond acceptors (Lipinski definition) is 2. The van der Waals surface area contributed by atoms with Gasteiger partial charge in [0, 0.05) is 26.0 Å². The van der Waals surface area contributed by atoms with Crippen LogP contribution in [0.3, 0.4) is 0 Å². The molecule has 0 N–H and O–H groups in total. The number of aromatic nitrogens is 3. The number of hydrogen-bond donors (Lipinski definition) is 0. The molecule has 142 valence electrons. The molecule has 4 rings (SSSR count). The van der Waals surface area contributed by atoms with Gasteiger partial charge in [-0.1, -0.05) is 55.0 Å². The maximum atomic E-state index is 13.1. The second-order valence-corrected chi connectivity index (χ2v) is 7.16. The van der Waals surface area contributed by atoms with Crippen LogP contribution in [-0.2, 0) is 20.5 Å². The van der Waals surface area contributed by atoms with E-state index in [1.54, 1.807) is 11.6 Å². The molecule has 0 saturated carbocycles. The quantitative estimate of drug-likeness (QED) is 0.551. The number of benzene rings is 2. The highest BCUT2D eigenvalue weighted by atomic mass is 16.2. The van der Waals surface area contributed by atoms with E-state index in [-0.39, 0.29) is 11.2 Å². The minimum absolute atomic E-state index is 0.276. The number of aryl methyl sites for hydroxylation is 3. The molecule has 0 amide bonds. The van der Waals surface area contributed by atoms with Crippen molar-refractivity contribution in [1.29, 1.82) is 0 Å². The van der Waals surface area contributed by atoms with Crippen molar-refractivity contribution >= 4 is 10.9 Å². The van der Waals surface area contributed by atoms with Crippen molar-refractivity contribution in [3.8, 4) is 16.9 Å². The van der Waals surface area contributed by atoms with Crippen LogP contribution in [0.1, 0.15) is 18.1 Å². The van der Waals surface area contributed by atoms with E-state index in [1.807, 2.05) is 49.5 Å². The third kappa shape index (κ3) is 2.62. The Hall–Kier alpha value is -3.34. The van der Waals surface area contributed by atoms with Crippen LogP contribution in [-0.4, -0.2) is 13.7 Å². The monoisotopic (exact) mass is 373 g/mol. The van der Waals surface area contributed by atoms with Crippen molar-refractivity contribution in [1.82, 2.24) is 13.7 Å². The highest BCUT2D eigenvalue weighted by molar-refractivity contribution is 5.95. The van der Waals surface area contributed by atoms with Crippen LogP contribution < -0.4 is 11.2 Å². The van der Waals surface area contributed by atoms with Crippen molar-refractivity contribution in [3.05, 3.63) is 86.7 Å². The van der Waals surface area contributed by atoms with E-state index in [0.717, 1.165) is 28.9 Å². The van der Waals surface area contributed by atoms with Crippen LogP contribution in [0.25, 0.3) is 27.8 Å². The molecule has 0 unspecified atom stereocenters. The molecule has 2 aromatic carbocycles. The fourth-order valence-corrected chi connectivity index (χ4v) is 3.77. The van der Waals surface area contributed by atoms with Gasteiger partial charge < -0.3 is 4.57 Å². The van der Waals surface area contributed by atoms with E-state index in [1.165, 1.54) is 17.2 Å². The van der Waals surface area contributed by atoms with Crippen LogP contribution in [0.4, 0.5) is 0 Å². The van der Waals surface area contributed by atoms with Gasteiger partial charge >= 0.3 is 5.69 Å². The van der Waals surface area contributed by atoms with Gasteiger partial charge in [-0.15, -0.1) is 0 Å². The van der Waals surface area contributed by atoms with E-state index in [4.69, 9.17) is 0 Å². The van der Waals surface area contributed by atoms with Crippen LogP contribution >= 0.6 is 0 Å². The Morgan fingerprint density at radius 2 is 1.57 bits per heavy atom. The number of para-hydroxylation sites is 1. The Morgan fingerprint density at radius 3 is 2.25 bits per heavy atom. The fourth-order valence-electron chi connectivity index (χ4n) is 3.77. The topological polar surface area (TPSA) is 48.9 Å². The molecule has 0 saturated heterocycles. The van der Waals surface area contributed by atoms with Crippen LogP contribution in [0.5, 0.6) is 0 Å². The molecule has 0 spiro atoms. The van der Waals surface area contributed by atoms with Gasteiger partial charge in [-0.05, 0) is 30.5 Å². The molecule has 0 radical (unpaired) electrons. The van der Waals surface area contributed by atoms with Gasteiger partial charge in [0.2, 0.25) is 0 Å². The van der Waals surface area contributed by atoms with E-state index in [9.17, 15) is 9.59 Å². The zero-order chi connectivity index (χ0) is 20.0. The second-order valence-electron chi connectivity index (χ2n) is 7.16. The molecule has 5 heteroatoms. The van der Waals surface area contributed by atoms with Crippen molar-refractivity contribution in [2.24, 2.45) is 14.1 Å². The number of rotatable bonds is 3. The average molecular weight is 373 g/mol. The molecule has 5 nitrogen and oxygen atoms in total. The first-order valence-electron chi connectivity index (χ1n) is 9.40. The minimum atomic E-state index is -0.325. The third-order valence-electron chi connectivity index (χ3n) is 5.40.